The molecule has 6 heteroatoms. The van der Waals surface area contributed by atoms with E-state index in [1.807, 2.05) is 0 Å². The van der Waals surface area contributed by atoms with Crippen molar-refractivity contribution in [2.45, 2.75) is 45.1 Å². The number of rotatable bonds is 6. The van der Waals surface area contributed by atoms with Gasteiger partial charge in [0.1, 0.15) is 11.4 Å². The van der Waals surface area contributed by atoms with Gasteiger partial charge in [-0.25, -0.2) is 0 Å². The SMILES string of the molecule is CC1CC(C)CN(CCCNC(=O)c2ccoc2C2(O)CCOCC2)C1. The Hall–Kier alpha value is -1.37. The van der Waals surface area contributed by atoms with Crippen molar-refractivity contribution >= 4 is 5.91 Å². The normalized spacial score (nSPS) is 26.6. The first-order chi connectivity index (χ1) is 12.5. The second-order valence-corrected chi connectivity index (χ2v) is 8.12. The molecule has 26 heavy (non-hydrogen) atoms. The van der Waals surface area contributed by atoms with Gasteiger partial charge in [0.15, 0.2) is 0 Å². The first kappa shape index (κ1) is 19.4. The van der Waals surface area contributed by atoms with Gasteiger partial charge >= 0.3 is 0 Å². The number of nitrogens with one attached hydrogen (secondary N) is 1. The maximum Gasteiger partial charge on any atom is 0.254 e. The number of carbonyl (C=O) groups excluding carboxylic acids is 1. The van der Waals surface area contributed by atoms with Gasteiger partial charge in [0.05, 0.1) is 11.8 Å². The lowest BCUT2D eigenvalue weighted by molar-refractivity contribution is -0.0804. The van der Waals surface area contributed by atoms with Crippen molar-refractivity contribution in [2.75, 3.05) is 39.4 Å². The molecule has 0 bridgehead atoms. The third-order valence-electron chi connectivity index (χ3n) is 5.53. The molecule has 2 aliphatic rings. The largest absolute Gasteiger partial charge is 0.465 e. The number of likely N-dealkylation sites (tertiary alicyclic amines) is 1. The average Bonchev–Trinajstić information content (AvgIpc) is 3.09. The second-order valence-electron chi connectivity index (χ2n) is 8.12. The molecular formula is C20H32N2O4. The lowest BCUT2D eigenvalue weighted by Crippen LogP contribution is -2.40. The molecule has 0 saturated carbocycles. The summed E-state index contributed by atoms with van der Waals surface area (Å²) >= 11 is 0. The standard InChI is InChI=1S/C20H32N2O4/c1-15-12-16(2)14-22(13-15)8-3-7-21-19(23)17-4-9-26-18(17)20(24)5-10-25-11-6-20/h4,9,15-16,24H,3,5-8,10-14H2,1-2H3,(H,21,23). The Labute approximate surface area is 155 Å². The number of hydrogen-bond acceptors (Lipinski definition) is 5. The fraction of sp³-hybridized carbons (Fsp3) is 0.750. The van der Waals surface area contributed by atoms with Crippen LogP contribution in [0.5, 0.6) is 0 Å². The maximum absolute atomic E-state index is 12.5. The average molecular weight is 364 g/mol. The third-order valence-corrected chi connectivity index (χ3v) is 5.53. The topological polar surface area (TPSA) is 74.9 Å². The van der Waals surface area contributed by atoms with Crippen molar-refractivity contribution in [1.82, 2.24) is 10.2 Å². The number of ether oxygens (including phenoxy) is 1. The summed E-state index contributed by atoms with van der Waals surface area (Å²) in [7, 11) is 0. The minimum absolute atomic E-state index is 0.172. The lowest BCUT2D eigenvalue weighted by atomic mass is 9.89. The summed E-state index contributed by atoms with van der Waals surface area (Å²) in [6.07, 6.45) is 4.62. The monoisotopic (exact) mass is 364 g/mol. The van der Waals surface area contributed by atoms with Gasteiger partial charge in [-0.15, -0.1) is 0 Å². The molecule has 146 valence electrons. The molecule has 2 fully saturated rings. The van der Waals surface area contributed by atoms with E-state index < -0.39 is 5.60 Å². The van der Waals surface area contributed by atoms with Crippen LogP contribution in [0.25, 0.3) is 0 Å². The van der Waals surface area contributed by atoms with Gasteiger partial charge in [0.2, 0.25) is 0 Å². The van der Waals surface area contributed by atoms with E-state index in [2.05, 4.69) is 24.1 Å². The van der Waals surface area contributed by atoms with E-state index in [0.29, 0.717) is 43.9 Å². The molecule has 1 aromatic heterocycles. The van der Waals surface area contributed by atoms with E-state index in [-0.39, 0.29) is 5.91 Å². The zero-order valence-electron chi connectivity index (χ0n) is 16.0. The van der Waals surface area contributed by atoms with Crippen LogP contribution in [0.15, 0.2) is 16.7 Å². The van der Waals surface area contributed by atoms with Crippen molar-refractivity contribution < 1.29 is 19.1 Å². The number of furan rings is 1. The summed E-state index contributed by atoms with van der Waals surface area (Å²) in [5.74, 6) is 1.70. The van der Waals surface area contributed by atoms with Crippen LogP contribution in [0.1, 0.15) is 55.6 Å². The molecule has 2 aliphatic heterocycles. The summed E-state index contributed by atoms with van der Waals surface area (Å²) in [5.41, 5.74) is -0.663. The van der Waals surface area contributed by atoms with Crippen molar-refractivity contribution in [1.29, 1.82) is 0 Å². The van der Waals surface area contributed by atoms with E-state index in [4.69, 9.17) is 9.15 Å². The van der Waals surface area contributed by atoms with E-state index in [1.165, 1.54) is 12.7 Å². The molecule has 3 heterocycles. The smallest absolute Gasteiger partial charge is 0.254 e. The summed E-state index contributed by atoms with van der Waals surface area (Å²) in [5, 5.41) is 13.8. The van der Waals surface area contributed by atoms with E-state index in [1.54, 1.807) is 6.07 Å². The molecule has 6 nitrogen and oxygen atoms in total. The van der Waals surface area contributed by atoms with Crippen LogP contribution < -0.4 is 5.32 Å². The molecule has 3 rings (SSSR count). The van der Waals surface area contributed by atoms with E-state index in [0.717, 1.165) is 37.9 Å². The molecule has 0 radical (unpaired) electrons. The van der Waals surface area contributed by atoms with Gasteiger partial charge in [0, 0.05) is 45.7 Å². The highest BCUT2D eigenvalue weighted by atomic mass is 16.5. The molecular weight excluding hydrogens is 332 g/mol. The van der Waals surface area contributed by atoms with Crippen LogP contribution in [-0.2, 0) is 10.3 Å². The Bertz CT molecular complexity index is 584. The van der Waals surface area contributed by atoms with E-state index in [9.17, 15) is 9.90 Å². The Morgan fingerprint density at radius 3 is 2.69 bits per heavy atom. The fourth-order valence-corrected chi connectivity index (χ4v) is 4.36. The number of carbonyl (C=O) groups is 1. The van der Waals surface area contributed by atoms with Crippen LogP contribution in [0.3, 0.4) is 0 Å². The summed E-state index contributed by atoms with van der Waals surface area (Å²) in [6.45, 7) is 9.52. The Morgan fingerprint density at radius 1 is 1.31 bits per heavy atom. The fourth-order valence-electron chi connectivity index (χ4n) is 4.36. The van der Waals surface area contributed by atoms with Gasteiger partial charge in [-0.1, -0.05) is 13.8 Å². The highest BCUT2D eigenvalue weighted by Crippen LogP contribution is 2.34. The van der Waals surface area contributed by atoms with Gasteiger partial charge in [0.25, 0.3) is 5.91 Å². The van der Waals surface area contributed by atoms with Crippen molar-refractivity contribution in [3.05, 3.63) is 23.7 Å². The highest BCUT2D eigenvalue weighted by Gasteiger charge is 2.38. The number of amides is 1. The molecule has 2 unspecified atom stereocenters. The number of aliphatic hydroxyl groups is 1. The molecule has 1 amide bonds. The first-order valence-electron chi connectivity index (χ1n) is 9.86. The molecule has 2 atom stereocenters. The van der Waals surface area contributed by atoms with Gasteiger partial charge in [-0.05, 0) is 37.3 Å². The van der Waals surface area contributed by atoms with Crippen molar-refractivity contribution in [3.63, 3.8) is 0 Å². The third kappa shape index (κ3) is 4.67. The number of hydrogen-bond donors (Lipinski definition) is 2. The van der Waals surface area contributed by atoms with Gasteiger partial charge < -0.3 is 24.5 Å². The lowest BCUT2D eigenvalue weighted by Gasteiger charge is -2.34. The van der Waals surface area contributed by atoms with Crippen LogP contribution in [0.4, 0.5) is 0 Å². The van der Waals surface area contributed by atoms with Crippen LogP contribution in [-0.4, -0.2) is 55.3 Å². The van der Waals surface area contributed by atoms with Gasteiger partial charge in [-0.3, -0.25) is 4.79 Å². The molecule has 2 N–H and O–H groups in total. The molecule has 0 aliphatic carbocycles. The van der Waals surface area contributed by atoms with Crippen molar-refractivity contribution in [3.8, 4) is 0 Å². The zero-order valence-corrected chi connectivity index (χ0v) is 16.0. The summed E-state index contributed by atoms with van der Waals surface area (Å²) in [6, 6.07) is 1.64. The van der Waals surface area contributed by atoms with Crippen LogP contribution in [0, 0.1) is 11.8 Å². The highest BCUT2D eigenvalue weighted by molar-refractivity contribution is 5.95. The Kier molecular flexibility index (Phi) is 6.37. The minimum atomic E-state index is -1.10. The van der Waals surface area contributed by atoms with Crippen molar-refractivity contribution in [2.24, 2.45) is 11.8 Å². The molecule has 2 saturated heterocycles. The second kappa shape index (κ2) is 8.55. The van der Waals surface area contributed by atoms with Gasteiger partial charge in [-0.2, -0.15) is 0 Å². The van der Waals surface area contributed by atoms with Crippen LogP contribution >= 0.6 is 0 Å². The predicted molar refractivity (Wildman–Crippen MR) is 99.0 cm³/mol. The maximum atomic E-state index is 12.5. The number of nitrogens with zero attached hydrogens (tertiary/aromatic N) is 1. The van der Waals surface area contributed by atoms with Crippen LogP contribution in [0.2, 0.25) is 0 Å². The quantitative estimate of drug-likeness (QED) is 0.758. The molecule has 1 aromatic rings. The first-order valence-corrected chi connectivity index (χ1v) is 9.86. The number of piperidine rings is 1. The summed E-state index contributed by atoms with van der Waals surface area (Å²) < 4.78 is 10.8. The Morgan fingerprint density at radius 2 is 2.00 bits per heavy atom. The summed E-state index contributed by atoms with van der Waals surface area (Å²) in [4.78, 5) is 15.0. The molecule has 0 spiro atoms. The predicted octanol–water partition coefficient (Wildman–Crippen LogP) is 2.38. The zero-order chi connectivity index (χ0) is 18.6. The minimum Gasteiger partial charge on any atom is -0.465 e. The van der Waals surface area contributed by atoms with E-state index >= 15 is 0 Å². The molecule has 0 aromatic carbocycles. The Balaban J connectivity index is 1.48.